The van der Waals surface area contributed by atoms with Crippen molar-refractivity contribution >= 4 is 17.6 Å². The van der Waals surface area contributed by atoms with Crippen LogP contribution in [-0.2, 0) is 9.59 Å². The number of rotatable bonds is 6. The molecule has 1 amide bonds. The highest BCUT2D eigenvalue weighted by atomic mass is 19.2. The molecule has 0 bridgehead atoms. The summed E-state index contributed by atoms with van der Waals surface area (Å²) in [5.74, 6) is -2.81. The number of piperidine rings is 1. The monoisotopic (exact) mass is 340 g/mol. The Hall–Kier alpha value is -2.02. The van der Waals surface area contributed by atoms with Gasteiger partial charge in [-0.1, -0.05) is 0 Å². The van der Waals surface area contributed by atoms with Crippen molar-refractivity contribution in [1.29, 1.82) is 0 Å². The van der Waals surface area contributed by atoms with Gasteiger partial charge in [0.1, 0.15) is 0 Å². The highest BCUT2D eigenvalue weighted by Gasteiger charge is 2.27. The number of halogens is 2. The molecule has 0 spiro atoms. The Labute approximate surface area is 139 Å². The Morgan fingerprint density at radius 1 is 1.38 bits per heavy atom. The van der Waals surface area contributed by atoms with E-state index in [1.807, 2.05) is 4.90 Å². The molecule has 0 saturated carbocycles. The van der Waals surface area contributed by atoms with Crippen LogP contribution in [0.15, 0.2) is 18.2 Å². The van der Waals surface area contributed by atoms with E-state index in [4.69, 9.17) is 5.11 Å². The van der Waals surface area contributed by atoms with E-state index in [0.717, 1.165) is 31.5 Å². The summed E-state index contributed by atoms with van der Waals surface area (Å²) in [6.07, 6.45) is 2.60. The van der Waals surface area contributed by atoms with Crippen LogP contribution in [-0.4, -0.2) is 41.0 Å². The summed E-state index contributed by atoms with van der Waals surface area (Å²) < 4.78 is 26.1. The fourth-order valence-electron chi connectivity index (χ4n) is 3.00. The highest BCUT2D eigenvalue weighted by Crippen LogP contribution is 2.23. The number of anilines is 1. The molecule has 2 unspecified atom stereocenters. The largest absolute Gasteiger partial charge is 0.481 e. The van der Waals surface area contributed by atoms with E-state index >= 15 is 0 Å². The molecule has 0 aliphatic carbocycles. The first kappa shape index (κ1) is 18.3. The lowest BCUT2D eigenvalue weighted by atomic mass is 9.92. The van der Waals surface area contributed by atoms with Crippen LogP contribution in [0.25, 0.3) is 0 Å². The van der Waals surface area contributed by atoms with Crippen molar-refractivity contribution in [2.45, 2.75) is 38.6 Å². The Kier molecular flexibility index (Phi) is 6.25. The molecular weight excluding hydrogens is 318 g/mol. The van der Waals surface area contributed by atoms with E-state index in [9.17, 15) is 18.4 Å². The second kappa shape index (κ2) is 8.19. The van der Waals surface area contributed by atoms with Gasteiger partial charge in [-0.3, -0.25) is 14.5 Å². The number of carboxylic acids is 1. The topological polar surface area (TPSA) is 69.6 Å². The second-order valence-corrected chi connectivity index (χ2v) is 6.23. The summed E-state index contributed by atoms with van der Waals surface area (Å²) in [5.41, 5.74) is 0.213. The van der Waals surface area contributed by atoms with Gasteiger partial charge in [0.05, 0.1) is 6.04 Å². The Bertz CT molecular complexity index is 609. The average Bonchev–Trinajstić information content (AvgIpc) is 2.56. The van der Waals surface area contributed by atoms with Crippen molar-refractivity contribution in [3.63, 3.8) is 0 Å². The SMILES string of the molecule is CC(C(=O)Nc1ccc(F)c(F)c1)N1CCCC(CCC(=O)O)C1. The summed E-state index contributed by atoms with van der Waals surface area (Å²) in [6, 6.07) is 2.81. The summed E-state index contributed by atoms with van der Waals surface area (Å²) >= 11 is 0. The van der Waals surface area contributed by atoms with Crippen molar-refractivity contribution in [2.24, 2.45) is 5.92 Å². The molecule has 1 aliphatic rings. The molecule has 1 heterocycles. The third-order valence-electron chi connectivity index (χ3n) is 4.43. The van der Waals surface area contributed by atoms with E-state index in [0.29, 0.717) is 13.0 Å². The van der Waals surface area contributed by atoms with Crippen LogP contribution in [0.3, 0.4) is 0 Å². The van der Waals surface area contributed by atoms with Crippen molar-refractivity contribution in [3.05, 3.63) is 29.8 Å². The predicted octanol–water partition coefficient (Wildman–Crippen LogP) is 2.87. The fraction of sp³-hybridized carbons (Fsp3) is 0.529. The molecule has 0 aromatic heterocycles. The molecule has 132 valence electrons. The zero-order chi connectivity index (χ0) is 17.7. The zero-order valence-corrected chi connectivity index (χ0v) is 13.6. The molecule has 1 aromatic rings. The summed E-state index contributed by atoms with van der Waals surface area (Å²) in [6.45, 7) is 3.18. The lowest BCUT2D eigenvalue weighted by Gasteiger charge is -2.36. The lowest BCUT2D eigenvalue weighted by Crippen LogP contribution is -2.47. The molecular formula is C17H22F2N2O3. The molecule has 0 radical (unpaired) electrons. The van der Waals surface area contributed by atoms with Gasteiger partial charge in [-0.05, 0) is 50.8 Å². The number of nitrogens with one attached hydrogen (secondary N) is 1. The molecule has 2 N–H and O–H groups in total. The quantitative estimate of drug-likeness (QED) is 0.835. The van der Waals surface area contributed by atoms with Crippen LogP contribution >= 0.6 is 0 Å². The fourth-order valence-corrected chi connectivity index (χ4v) is 3.00. The Morgan fingerprint density at radius 2 is 2.12 bits per heavy atom. The van der Waals surface area contributed by atoms with Gasteiger partial charge in [0.15, 0.2) is 11.6 Å². The van der Waals surface area contributed by atoms with Gasteiger partial charge < -0.3 is 10.4 Å². The number of carboxylic acid groups (broad SMARTS) is 1. The zero-order valence-electron chi connectivity index (χ0n) is 13.6. The summed E-state index contributed by atoms with van der Waals surface area (Å²) in [4.78, 5) is 25.0. The maximum Gasteiger partial charge on any atom is 0.303 e. The molecule has 24 heavy (non-hydrogen) atoms. The van der Waals surface area contributed by atoms with Crippen LogP contribution in [0.1, 0.15) is 32.6 Å². The number of benzene rings is 1. The minimum absolute atomic E-state index is 0.133. The number of aliphatic carboxylic acids is 1. The third kappa shape index (κ3) is 4.99. The van der Waals surface area contributed by atoms with Crippen molar-refractivity contribution in [3.8, 4) is 0 Å². The number of carbonyl (C=O) groups is 2. The van der Waals surface area contributed by atoms with Gasteiger partial charge >= 0.3 is 5.97 Å². The summed E-state index contributed by atoms with van der Waals surface area (Å²) in [5, 5.41) is 11.4. The van der Waals surface area contributed by atoms with E-state index in [1.54, 1.807) is 6.92 Å². The van der Waals surface area contributed by atoms with Gasteiger partial charge in [-0.25, -0.2) is 8.78 Å². The van der Waals surface area contributed by atoms with E-state index in [1.165, 1.54) is 6.07 Å². The molecule has 7 heteroatoms. The Balaban J connectivity index is 1.91. The molecule has 1 aromatic carbocycles. The van der Waals surface area contributed by atoms with Gasteiger partial charge in [-0.2, -0.15) is 0 Å². The minimum Gasteiger partial charge on any atom is -0.481 e. The van der Waals surface area contributed by atoms with Crippen LogP contribution in [0.2, 0.25) is 0 Å². The summed E-state index contributed by atoms with van der Waals surface area (Å²) in [7, 11) is 0. The smallest absolute Gasteiger partial charge is 0.303 e. The number of nitrogens with zero attached hydrogens (tertiary/aromatic N) is 1. The van der Waals surface area contributed by atoms with Crippen LogP contribution in [0.5, 0.6) is 0 Å². The minimum atomic E-state index is -1.01. The van der Waals surface area contributed by atoms with Gasteiger partial charge in [-0.15, -0.1) is 0 Å². The van der Waals surface area contributed by atoms with Gasteiger partial charge in [0, 0.05) is 24.7 Å². The molecule has 1 saturated heterocycles. The second-order valence-electron chi connectivity index (χ2n) is 6.23. The van der Waals surface area contributed by atoms with Crippen molar-refractivity contribution < 1.29 is 23.5 Å². The molecule has 2 atom stereocenters. The van der Waals surface area contributed by atoms with Crippen LogP contribution in [0, 0.1) is 17.6 Å². The first-order chi connectivity index (χ1) is 11.4. The van der Waals surface area contributed by atoms with Crippen LogP contribution in [0.4, 0.5) is 14.5 Å². The van der Waals surface area contributed by atoms with Crippen molar-refractivity contribution in [1.82, 2.24) is 4.90 Å². The van der Waals surface area contributed by atoms with Crippen LogP contribution < -0.4 is 5.32 Å². The first-order valence-corrected chi connectivity index (χ1v) is 8.08. The highest BCUT2D eigenvalue weighted by molar-refractivity contribution is 5.94. The van der Waals surface area contributed by atoms with E-state index in [2.05, 4.69) is 5.32 Å². The van der Waals surface area contributed by atoms with E-state index in [-0.39, 0.29) is 23.9 Å². The van der Waals surface area contributed by atoms with Gasteiger partial charge in [0.2, 0.25) is 5.91 Å². The standard InChI is InChI=1S/C17H22F2N2O3/c1-11(17(24)20-13-5-6-14(18)15(19)9-13)21-8-2-3-12(10-21)4-7-16(22)23/h5-6,9,11-12H,2-4,7-8,10H2,1H3,(H,20,24)(H,22,23). The molecule has 5 nitrogen and oxygen atoms in total. The number of carbonyl (C=O) groups excluding carboxylic acids is 1. The average molecular weight is 340 g/mol. The van der Waals surface area contributed by atoms with E-state index < -0.39 is 23.6 Å². The number of amides is 1. The molecule has 2 rings (SSSR count). The predicted molar refractivity (Wildman–Crippen MR) is 85.6 cm³/mol. The number of likely N-dealkylation sites (tertiary alicyclic amines) is 1. The van der Waals surface area contributed by atoms with Gasteiger partial charge in [0.25, 0.3) is 0 Å². The molecule has 1 fully saturated rings. The molecule has 1 aliphatic heterocycles. The first-order valence-electron chi connectivity index (χ1n) is 8.08. The Morgan fingerprint density at radius 3 is 2.79 bits per heavy atom. The normalized spacial score (nSPS) is 19.7. The third-order valence-corrected chi connectivity index (χ3v) is 4.43. The lowest BCUT2D eigenvalue weighted by molar-refractivity contribution is -0.137. The number of hydrogen-bond acceptors (Lipinski definition) is 3. The number of hydrogen-bond donors (Lipinski definition) is 2. The van der Waals surface area contributed by atoms with Crippen molar-refractivity contribution in [2.75, 3.05) is 18.4 Å². The maximum absolute atomic E-state index is 13.2. The maximum atomic E-state index is 13.2.